The zero-order chi connectivity index (χ0) is 15.6. The highest BCUT2D eigenvalue weighted by atomic mass is 16.3. The van der Waals surface area contributed by atoms with Gasteiger partial charge in [-0.2, -0.15) is 5.10 Å². The second-order valence-electron chi connectivity index (χ2n) is 7.37. The van der Waals surface area contributed by atoms with Crippen LogP contribution < -0.4 is 0 Å². The molecule has 1 aromatic heterocycles. The third-order valence-electron chi connectivity index (χ3n) is 3.59. The Labute approximate surface area is 127 Å². The van der Waals surface area contributed by atoms with Gasteiger partial charge in [0, 0.05) is 11.3 Å². The van der Waals surface area contributed by atoms with E-state index in [1.165, 1.54) is 6.42 Å². The number of aryl methyl sites for hydroxylation is 1. The summed E-state index contributed by atoms with van der Waals surface area (Å²) in [6.45, 7) is 11.1. The van der Waals surface area contributed by atoms with Gasteiger partial charge in [0.05, 0.1) is 5.69 Å². The number of H-pyrrole nitrogens is 1. The Morgan fingerprint density at radius 1 is 1.24 bits per heavy atom. The maximum Gasteiger partial charge on any atom is 0.125 e. The molecule has 0 aliphatic carbocycles. The smallest absolute Gasteiger partial charge is 0.125 e. The third kappa shape index (κ3) is 4.35. The highest BCUT2D eigenvalue weighted by Gasteiger charge is 2.17. The number of aromatic amines is 1. The minimum absolute atomic E-state index is 0.279. The minimum Gasteiger partial charge on any atom is -0.507 e. The minimum atomic E-state index is 0.279. The second-order valence-corrected chi connectivity index (χ2v) is 7.37. The van der Waals surface area contributed by atoms with Crippen molar-refractivity contribution in [2.24, 2.45) is 11.3 Å². The van der Waals surface area contributed by atoms with Crippen molar-refractivity contribution in [1.82, 2.24) is 10.2 Å². The van der Waals surface area contributed by atoms with Gasteiger partial charge in [-0.15, -0.1) is 0 Å². The van der Waals surface area contributed by atoms with Crippen molar-refractivity contribution in [1.29, 1.82) is 0 Å². The lowest BCUT2D eigenvalue weighted by molar-refractivity contribution is 0.305. The molecule has 1 heterocycles. The van der Waals surface area contributed by atoms with E-state index in [2.05, 4.69) is 37.9 Å². The number of nitrogens with one attached hydrogen (secondary N) is 1. The molecule has 0 aliphatic heterocycles. The number of phenolic OH excluding ortho intramolecular Hbond substituents is 1. The Hall–Kier alpha value is -1.77. The molecule has 0 aliphatic rings. The maximum absolute atomic E-state index is 9.98. The van der Waals surface area contributed by atoms with Gasteiger partial charge in [-0.05, 0) is 49.3 Å². The van der Waals surface area contributed by atoms with Crippen LogP contribution in [0.1, 0.15) is 45.4 Å². The molecule has 0 saturated heterocycles. The van der Waals surface area contributed by atoms with Crippen LogP contribution in [0.2, 0.25) is 0 Å². The van der Waals surface area contributed by atoms with Crippen molar-refractivity contribution in [3.63, 3.8) is 0 Å². The number of nitrogens with zero attached hydrogens (tertiary/aromatic N) is 1. The molecule has 0 spiro atoms. The van der Waals surface area contributed by atoms with E-state index in [-0.39, 0.29) is 5.75 Å². The van der Waals surface area contributed by atoms with Crippen LogP contribution in [-0.2, 0) is 6.42 Å². The van der Waals surface area contributed by atoms with E-state index in [0.717, 1.165) is 28.9 Å². The first-order chi connectivity index (χ1) is 9.74. The predicted molar refractivity (Wildman–Crippen MR) is 87.4 cm³/mol. The van der Waals surface area contributed by atoms with Crippen LogP contribution in [0, 0.1) is 18.3 Å². The summed E-state index contributed by atoms with van der Waals surface area (Å²) < 4.78 is 0. The number of aromatic nitrogens is 2. The molecule has 0 fully saturated rings. The lowest BCUT2D eigenvalue weighted by Crippen LogP contribution is -2.12. The summed E-state index contributed by atoms with van der Waals surface area (Å²) in [7, 11) is 0. The zero-order valence-corrected chi connectivity index (χ0v) is 13.7. The molecule has 0 saturated carbocycles. The molecule has 1 aromatic carbocycles. The SMILES string of the molecule is Cc1ccc(O)c(-c2cc(CC(C)CC(C)(C)C)[nH]n2)c1. The summed E-state index contributed by atoms with van der Waals surface area (Å²) in [5.74, 6) is 0.880. The predicted octanol–water partition coefficient (Wildman–Crippen LogP) is 4.71. The Morgan fingerprint density at radius 3 is 2.62 bits per heavy atom. The summed E-state index contributed by atoms with van der Waals surface area (Å²) >= 11 is 0. The molecule has 2 aromatic rings. The Kier molecular flexibility index (Phi) is 4.40. The van der Waals surface area contributed by atoms with E-state index < -0.39 is 0 Å². The molecule has 0 amide bonds. The number of benzene rings is 1. The van der Waals surface area contributed by atoms with Crippen LogP contribution in [0.4, 0.5) is 0 Å². The molecule has 1 atom stereocenters. The van der Waals surface area contributed by atoms with Gasteiger partial charge in [0.25, 0.3) is 0 Å². The fourth-order valence-corrected chi connectivity index (χ4v) is 2.95. The lowest BCUT2D eigenvalue weighted by Gasteiger charge is -2.22. The van der Waals surface area contributed by atoms with Gasteiger partial charge in [0.1, 0.15) is 5.75 Å². The molecular weight excluding hydrogens is 260 g/mol. The first kappa shape index (κ1) is 15.6. The summed E-state index contributed by atoms with van der Waals surface area (Å²) in [5, 5.41) is 17.4. The van der Waals surface area contributed by atoms with Crippen LogP contribution in [-0.4, -0.2) is 15.3 Å². The quantitative estimate of drug-likeness (QED) is 0.855. The van der Waals surface area contributed by atoms with E-state index in [1.54, 1.807) is 6.07 Å². The van der Waals surface area contributed by atoms with Crippen molar-refractivity contribution in [2.75, 3.05) is 0 Å². The Bertz CT molecular complexity index is 608. The molecular formula is C18H26N2O. The fourth-order valence-electron chi connectivity index (χ4n) is 2.95. The number of phenols is 1. The molecule has 0 radical (unpaired) electrons. The first-order valence-corrected chi connectivity index (χ1v) is 7.59. The summed E-state index contributed by atoms with van der Waals surface area (Å²) in [6.07, 6.45) is 2.16. The normalized spacial score (nSPS) is 13.4. The number of rotatable bonds is 4. The highest BCUT2D eigenvalue weighted by molar-refractivity contribution is 5.67. The molecule has 2 rings (SSSR count). The van der Waals surface area contributed by atoms with Crippen LogP contribution in [0.5, 0.6) is 5.75 Å². The van der Waals surface area contributed by atoms with Crippen molar-refractivity contribution in [3.8, 4) is 17.0 Å². The topological polar surface area (TPSA) is 48.9 Å². The summed E-state index contributed by atoms with van der Waals surface area (Å²) in [6, 6.07) is 7.64. The number of hydrogen-bond acceptors (Lipinski definition) is 2. The zero-order valence-electron chi connectivity index (χ0n) is 13.7. The monoisotopic (exact) mass is 286 g/mol. The molecule has 114 valence electrons. The van der Waals surface area contributed by atoms with Crippen molar-refractivity contribution in [3.05, 3.63) is 35.5 Å². The maximum atomic E-state index is 9.98. The third-order valence-corrected chi connectivity index (χ3v) is 3.59. The van der Waals surface area contributed by atoms with E-state index in [9.17, 15) is 5.11 Å². The highest BCUT2D eigenvalue weighted by Crippen LogP contribution is 2.30. The van der Waals surface area contributed by atoms with E-state index in [4.69, 9.17) is 0 Å². The van der Waals surface area contributed by atoms with Gasteiger partial charge < -0.3 is 5.11 Å². The molecule has 1 unspecified atom stereocenters. The number of hydrogen-bond donors (Lipinski definition) is 2. The van der Waals surface area contributed by atoms with E-state index >= 15 is 0 Å². The van der Waals surface area contributed by atoms with E-state index in [1.807, 2.05) is 25.1 Å². The molecule has 3 heteroatoms. The average molecular weight is 286 g/mol. The van der Waals surface area contributed by atoms with Crippen LogP contribution in [0.15, 0.2) is 24.3 Å². The van der Waals surface area contributed by atoms with Gasteiger partial charge >= 0.3 is 0 Å². The molecule has 3 nitrogen and oxygen atoms in total. The second kappa shape index (κ2) is 5.92. The number of aromatic hydroxyl groups is 1. The van der Waals surface area contributed by atoms with Crippen LogP contribution >= 0.6 is 0 Å². The molecule has 0 bridgehead atoms. The average Bonchev–Trinajstić information content (AvgIpc) is 2.78. The van der Waals surface area contributed by atoms with Crippen LogP contribution in [0.25, 0.3) is 11.3 Å². The Balaban J connectivity index is 2.13. The first-order valence-electron chi connectivity index (χ1n) is 7.59. The van der Waals surface area contributed by atoms with Crippen molar-refractivity contribution in [2.45, 2.75) is 47.5 Å². The largest absolute Gasteiger partial charge is 0.507 e. The Morgan fingerprint density at radius 2 is 1.95 bits per heavy atom. The van der Waals surface area contributed by atoms with Gasteiger partial charge in [-0.25, -0.2) is 0 Å². The standard InChI is InChI=1S/C18H26N2O/c1-12-6-7-17(21)15(9-12)16-10-14(19-20-16)8-13(2)11-18(3,4)5/h6-7,9-10,13,21H,8,11H2,1-5H3,(H,19,20). The van der Waals surface area contributed by atoms with Crippen molar-refractivity contribution < 1.29 is 5.11 Å². The fraction of sp³-hybridized carbons (Fsp3) is 0.500. The van der Waals surface area contributed by atoms with Gasteiger partial charge in [0.15, 0.2) is 0 Å². The van der Waals surface area contributed by atoms with Gasteiger partial charge in [-0.3, -0.25) is 5.10 Å². The molecule has 21 heavy (non-hydrogen) atoms. The molecule has 2 N–H and O–H groups in total. The van der Waals surface area contributed by atoms with Gasteiger partial charge in [0.2, 0.25) is 0 Å². The lowest BCUT2D eigenvalue weighted by atomic mass is 9.84. The summed E-state index contributed by atoms with van der Waals surface area (Å²) in [4.78, 5) is 0. The summed E-state index contributed by atoms with van der Waals surface area (Å²) in [5.41, 5.74) is 4.20. The van der Waals surface area contributed by atoms with Crippen molar-refractivity contribution >= 4 is 0 Å². The van der Waals surface area contributed by atoms with Crippen LogP contribution in [0.3, 0.4) is 0 Å². The van der Waals surface area contributed by atoms with E-state index in [0.29, 0.717) is 11.3 Å². The van der Waals surface area contributed by atoms with Gasteiger partial charge in [-0.1, -0.05) is 39.3 Å².